The number of anilines is 1. The standard InChI is InChI=1S/C25H17Cl2NO6/c1-12-15(27)5-3-6-16(12)28-21(17-7-4-8-33-17)20(23(30)25(28)31)22(29)18-10-13-9-14(26)11-19(32-2)24(13)34-18/h3-11,21,30H,1-2H3. The van der Waals surface area contributed by atoms with Crippen LogP contribution in [0.5, 0.6) is 5.75 Å². The van der Waals surface area contributed by atoms with Gasteiger partial charge in [-0.2, -0.15) is 0 Å². The molecular formula is C25H17Cl2NO6. The van der Waals surface area contributed by atoms with Crippen LogP contribution in [0.1, 0.15) is 27.9 Å². The number of hydrogen-bond donors (Lipinski definition) is 1. The number of fused-ring (bicyclic) bond motifs is 1. The van der Waals surface area contributed by atoms with Gasteiger partial charge in [0, 0.05) is 27.2 Å². The van der Waals surface area contributed by atoms with E-state index in [-0.39, 0.29) is 17.1 Å². The molecule has 0 aliphatic carbocycles. The highest BCUT2D eigenvalue weighted by Crippen LogP contribution is 2.44. The summed E-state index contributed by atoms with van der Waals surface area (Å²) in [5, 5.41) is 12.2. The highest BCUT2D eigenvalue weighted by molar-refractivity contribution is 6.32. The molecule has 0 radical (unpaired) electrons. The number of rotatable bonds is 5. The van der Waals surface area contributed by atoms with E-state index in [2.05, 4.69) is 0 Å². The maximum atomic E-state index is 13.7. The molecule has 2 aromatic heterocycles. The van der Waals surface area contributed by atoms with E-state index in [0.717, 1.165) is 0 Å². The predicted molar refractivity (Wildman–Crippen MR) is 127 cm³/mol. The van der Waals surface area contributed by atoms with E-state index in [1.165, 1.54) is 24.3 Å². The highest BCUT2D eigenvalue weighted by Gasteiger charge is 2.47. The zero-order valence-electron chi connectivity index (χ0n) is 18.0. The van der Waals surface area contributed by atoms with Crippen LogP contribution in [0.3, 0.4) is 0 Å². The van der Waals surface area contributed by atoms with Crippen molar-refractivity contribution in [2.24, 2.45) is 0 Å². The Hall–Kier alpha value is -3.68. The zero-order chi connectivity index (χ0) is 24.1. The van der Waals surface area contributed by atoms with E-state index < -0.39 is 23.5 Å². The van der Waals surface area contributed by atoms with Crippen molar-refractivity contribution in [2.75, 3.05) is 12.0 Å². The summed E-state index contributed by atoms with van der Waals surface area (Å²) < 4.78 is 16.7. The Morgan fingerprint density at radius 3 is 2.65 bits per heavy atom. The molecule has 1 unspecified atom stereocenters. The normalized spacial score (nSPS) is 16.1. The first-order chi connectivity index (χ1) is 16.3. The first-order valence-corrected chi connectivity index (χ1v) is 10.9. The van der Waals surface area contributed by atoms with Gasteiger partial charge in [0.25, 0.3) is 5.91 Å². The summed E-state index contributed by atoms with van der Waals surface area (Å²) in [5.41, 5.74) is 1.19. The molecule has 4 aromatic rings. The lowest BCUT2D eigenvalue weighted by Gasteiger charge is -2.26. The van der Waals surface area contributed by atoms with Crippen LogP contribution in [0, 0.1) is 6.92 Å². The van der Waals surface area contributed by atoms with E-state index in [9.17, 15) is 14.7 Å². The first kappa shape index (κ1) is 22.1. The van der Waals surface area contributed by atoms with Crippen LogP contribution in [0.15, 0.2) is 75.0 Å². The fourth-order valence-electron chi connectivity index (χ4n) is 4.14. The number of Topliss-reactive ketones (excluding diaryl/α,β-unsaturated/α-hetero) is 1. The Morgan fingerprint density at radius 2 is 1.94 bits per heavy atom. The fourth-order valence-corrected chi connectivity index (χ4v) is 4.53. The van der Waals surface area contributed by atoms with Crippen molar-refractivity contribution in [3.63, 3.8) is 0 Å². The van der Waals surface area contributed by atoms with Crippen LogP contribution < -0.4 is 9.64 Å². The lowest BCUT2D eigenvalue weighted by molar-refractivity contribution is -0.117. The molecule has 1 aliphatic rings. The van der Waals surface area contributed by atoms with Crippen molar-refractivity contribution in [1.82, 2.24) is 0 Å². The summed E-state index contributed by atoms with van der Waals surface area (Å²) in [4.78, 5) is 28.2. The second-order valence-corrected chi connectivity index (χ2v) is 8.55. The van der Waals surface area contributed by atoms with Crippen molar-refractivity contribution in [2.45, 2.75) is 13.0 Å². The molecule has 3 heterocycles. The lowest BCUT2D eigenvalue weighted by Crippen LogP contribution is -2.31. The molecule has 9 heteroatoms. The number of carbonyl (C=O) groups is 2. The van der Waals surface area contributed by atoms with E-state index >= 15 is 0 Å². The second kappa shape index (κ2) is 8.27. The van der Waals surface area contributed by atoms with Gasteiger partial charge in [-0.05, 0) is 48.9 Å². The summed E-state index contributed by atoms with van der Waals surface area (Å²) in [6.07, 6.45) is 1.42. The van der Waals surface area contributed by atoms with Crippen molar-refractivity contribution in [1.29, 1.82) is 0 Å². The van der Waals surface area contributed by atoms with Crippen LogP contribution in [0.2, 0.25) is 10.0 Å². The van der Waals surface area contributed by atoms with Crippen molar-refractivity contribution >= 4 is 51.5 Å². The van der Waals surface area contributed by atoms with Gasteiger partial charge in [0.1, 0.15) is 11.8 Å². The number of carbonyl (C=O) groups excluding carboxylic acids is 2. The molecule has 1 N–H and O–H groups in total. The molecule has 0 saturated heterocycles. The number of ether oxygens (including phenoxy) is 1. The van der Waals surface area contributed by atoms with Crippen molar-refractivity contribution in [3.8, 4) is 5.75 Å². The number of benzene rings is 2. The minimum atomic E-state index is -1.04. The van der Waals surface area contributed by atoms with Crippen LogP contribution >= 0.6 is 23.2 Å². The number of halogens is 2. The molecule has 2 aromatic carbocycles. The average molecular weight is 498 g/mol. The van der Waals surface area contributed by atoms with Gasteiger partial charge < -0.3 is 18.7 Å². The Kier molecular flexibility index (Phi) is 5.38. The fraction of sp³-hybridized carbons (Fsp3) is 0.120. The number of ketones is 1. The van der Waals surface area contributed by atoms with Crippen molar-refractivity contribution in [3.05, 3.63) is 93.3 Å². The number of furan rings is 2. The van der Waals surface area contributed by atoms with Gasteiger partial charge in [0.15, 0.2) is 22.9 Å². The number of aliphatic hydroxyl groups excluding tert-OH is 1. The SMILES string of the molecule is COc1cc(Cl)cc2cc(C(=O)C3=C(O)C(=O)N(c4cccc(Cl)c4C)C3c3ccco3)oc12. The van der Waals surface area contributed by atoms with E-state index in [4.69, 9.17) is 36.8 Å². The maximum Gasteiger partial charge on any atom is 0.294 e. The molecule has 0 spiro atoms. The van der Waals surface area contributed by atoms with Crippen molar-refractivity contribution < 1.29 is 28.3 Å². The van der Waals surface area contributed by atoms with Crippen LogP contribution in [0.25, 0.3) is 11.0 Å². The Bertz CT molecular complexity index is 1480. The average Bonchev–Trinajstić information content (AvgIpc) is 3.54. The van der Waals surface area contributed by atoms with Crippen LogP contribution in [0.4, 0.5) is 5.69 Å². The Labute approximate surface area is 203 Å². The number of nitrogens with zero attached hydrogens (tertiary/aromatic N) is 1. The predicted octanol–water partition coefficient (Wildman–Crippen LogP) is 6.43. The van der Waals surface area contributed by atoms with Gasteiger partial charge in [-0.25, -0.2) is 0 Å². The minimum absolute atomic E-state index is 0.0915. The summed E-state index contributed by atoms with van der Waals surface area (Å²) in [6, 6.07) is 12.0. The number of amides is 1. The Morgan fingerprint density at radius 1 is 1.15 bits per heavy atom. The van der Waals surface area contributed by atoms with Gasteiger partial charge in [0.2, 0.25) is 5.78 Å². The third-order valence-corrected chi connectivity index (χ3v) is 6.38. The molecule has 172 valence electrons. The third-order valence-electron chi connectivity index (χ3n) is 5.75. The molecular weight excluding hydrogens is 481 g/mol. The highest BCUT2D eigenvalue weighted by atomic mass is 35.5. The quantitative estimate of drug-likeness (QED) is 0.319. The largest absolute Gasteiger partial charge is 0.503 e. The van der Waals surface area contributed by atoms with Gasteiger partial charge in [-0.1, -0.05) is 29.3 Å². The van der Waals surface area contributed by atoms with Crippen LogP contribution in [-0.4, -0.2) is 23.9 Å². The first-order valence-electron chi connectivity index (χ1n) is 10.2. The monoisotopic (exact) mass is 497 g/mol. The molecule has 0 bridgehead atoms. The van der Waals surface area contributed by atoms with E-state index in [1.54, 1.807) is 49.4 Å². The summed E-state index contributed by atoms with van der Waals surface area (Å²) in [6.45, 7) is 1.75. The van der Waals surface area contributed by atoms with Gasteiger partial charge >= 0.3 is 0 Å². The van der Waals surface area contributed by atoms with E-state index in [1.807, 2.05) is 0 Å². The molecule has 7 nitrogen and oxygen atoms in total. The minimum Gasteiger partial charge on any atom is -0.503 e. The topological polar surface area (TPSA) is 93.1 Å². The molecule has 1 aliphatic heterocycles. The van der Waals surface area contributed by atoms with E-state index in [0.29, 0.717) is 38.0 Å². The zero-order valence-corrected chi connectivity index (χ0v) is 19.5. The second-order valence-electron chi connectivity index (χ2n) is 7.71. The summed E-state index contributed by atoms with van der Waals surface area (Å²) in [7, 11) is 1.46. The van der Waals surface area contributed by atoms with Gasteiger partial charge in [-0.3, -0.25) is 14.5 Å². The molecule has 0 fully saturated rings. The van der Waals surface area contributed by atoms with Crippen LogP contribution in [-0.2, 0) is 4.79 Å². The maximum absolute atomic E-state index is 13.7. The lowest BCUT2D eigenvalue weighted by atomic mass is 9.99. The summed E-state index contributed by atoms with van der Waals surface area (Å²) in [5.74, 6) is -1.59. The van der Waals surface area contributed by atoms with Gasteiger partial charge in [0.05, 0.1) is 18.9 Å². The summed E-state index contributed by atoms with van der Waals surface area (Å²) >= 11 is 12.4. The number of methoxy groups -OCH3 is 1. The number of hydrogen-bond acceptors (Lipinski definition) is 6. The molecule has 34 heavy (non-hydrogen) atoms. The molecule has 1 amide bonds. The smallest absolute Gasteiger partial charge is 0.294 e. The molecule has 0 saturated carbocycles. The van der Waals surface area contributed by atoms with Gasteiger partial charge in [-0.15, -0.1) is 0 Å². The Balaban J connectivity index is 1.67. The molecule has 5 rings (SSSR count). The molecule has 1 atom stereocenters. The number of aliphatic hydroxyl groups is 1. The third kappa shape index (κ3) is 3.36.